The van der Waals surface area contributed by atoms with E-state index in [2.05, 4.69) is 10.1 Å². The van der Waals surface area contributed by atoms with Gasteiger partial charge in [0.25, 0.3) is 5.56 Å². The number of rotatable bonds is 2. The van der Waals surface area contributed by atoms with Crippen LogP contribution in [0.1, 0.15) is 5.69 Å². The summed E-state index contributed by atoms with van der Waals surface area (Å²) in [5.74, 6) is 0. The number of nitrogens with one attached hydrogen (secondary N) is 1. The molecule has 0 aliphatic carbocycles. The topological polar surface area (TPSA) is 55.6 Å². The smallest absolute Gasteiger partial charge is 0.272 e. The van der Waals surface area contributed by atoms with Crippen LogP contribution in [0.25, 0.3) is 10.2 Å². The zero-order valence-corrected chi connectivity index (χ0v) is 11.2. The number of hydrogen-bond donors (Lipinski definition) is 1. The number of hydrogen-bond acceptors (Lipinski definition) is 4. The van der Waals surface area contributed by atoms with Gasteiger partial charge in [-0.05, 0) is 29.7 Å². The third kappa shape index (κ3) is 1.81. The summed E-state index contributed by atoms with van der Waals surface area (Å²) in [6, 6.07) is 3.74. The molecule has 0 saturated heterocycles. The van der Waals surface area contributed by atoms with Gasteiger partial charge < -0.3 is 4.98 Å². The van der Waals surface area contributed by atoms with Gasteiger partial charge in [0.15, 0.2) is 4.77 Å². The van der Waals surface area contributed by atoms with Crippen molar-refractivity contribution in [1.29, 1.82) is 0 Å². The quantitative estimate of drug-likeness (QED) is 0.728. The normalized spacial score (nSPS) is 11.2. The molecule has 0 atom stereocenters. The van der Waals surface area contributed by atoms with Crippen molar-refractivity contribution in [3.8, 4) is 0 Å². The molecule has 0 fully saturated rings. The Kier molecular flexibility index (Phi) is 2.64. The summed E-state index contributed by atoms with van der Waals surface area (Å²) in [7, 11) is 1.84. The molecular weight excluding hydrogens is 268 g/mol. The number of aryl methyl sites for hydroxylation is 1. The lowest BCUT2D eigenvalue weighted by molar-refractivity contribution is 0.681. The molecule has 7 heteroatoms. The Labute approximate surface area is 111 Å². The lowest BCUT2D eigenvalue weighted by atomic mass is 10.4. The van der Waals surface area contributed by atoms with Gasteiger partial charge in [0.05, 0.1) is 17.8 Å². The van der Waals surface area contributed by atoms with Crippen LogP contribution in [0, 0.1) is 4.77 Å². The predicted molar refractivity (Wildman–Crippen MR) is 73.6 cm³/mol. The number of aromatic nitrogens is 4. The van der Waals surface area contributed by atoms with Crippen molar-refractivity contribution in [2.75, 3.05) is 0 Å². The SMILES string of the molecule is Cn1ccc(Cn2c(=S)[nH]c3ccsc3c2=O)n1. The Hall–Kier alpha value is -1.73. The van der Waals surface area contributed by atoms with Gasteiger partial charge in [-0.1, -0.05) is 0 Å². The summed E-state index contributed by atoms with van der Waals surface area (Å²) < 4.78 is 4.36. The first kappa shape index (κ1) is 11.4. The van der Waals surface area contributed by atoms with E-state index in [-0.39, 0.29) is 5.56 Å². The van der Waals surface area contributed by atoms with Gasteiger partial charge in [0.1, 0.15) is 4.70 Å². The first-order valence-corrected chi connectivity index (χ1v) is 6.63. The molecule has 0 aliphatic rings. The third-order valence-corrected chi connectivity index (χ3v) is 3.91. The fraction of sp³-hybridized carbons (Fsp3) is 0.182. The van der Waals surface area contributed by atoms with Crippen LogP contribution >= 0.6 is 23.6 Å². The zero-order chi connectivity index (χ0) is 12.7. The highest BCUT2D eigenvalue weighted by atomic mass is 32.1. The number of aromatic amines is 1. The second-order valence-corrected chi connectivity index (χ2v) is 5.27. The van der Waals surface area contributed by atoms with E-state index in [1.807, 2.05) is 30.8 Å². The fourth-order valence-corrected chi connectivity index (χ4v) is 2.88. The van der Waals surface area contributed by atoms with Crippen LogP contribution in [-0.4, -0.2) is 19.3 Å². The molecule has 0 unspecified atom stereocenters. The van der Waals surface area contributed by atoms with Crippen LogP contribution in [-0.2, 0) is 13.6 Å². The fourth-order valence-electron chi connectivity index (χ4n) is 1.82. The maximum Gasteiger partial charge on any atom is 0.272 e. The average molecular weight is 278 g/mol. The van der Waals surface area contributed by atoms with Crippen LogP contribution in [0.5, 0.6) is 0 Å². The summed E-state index contributed by atoms with van der Waals surface area (Å²) in [6.45, 7) is 0.392. The maximum absolute atomic E-state index is 12.3. The Morgan fingerprint density at radius 3 is 3.06 bits per heavy atom. The molecule has 0 amide bonds. The van der Waals surface area contributed by atoms with Gasteiger partial charge in [-0.15, -0.1) is 11.3 Å². The molecule has 0 aliphatic heterocycles. The summed E-state index contributed by atoms with van der Waals surface area (Å²) in [5, 5.41) is 6.13. The molecule has 5 nitrogen and oxygen atoms in total. The standard InChI is InChI=1S/C11H10N4OS2/c1-14-4-2-7(13-14)6-15-10(16)9-8(3-5-18-9)12-11(15)17/h2-5H,6H2,1H3,(H,12,17). The molecule has 92 valence electrons. The van der Waals surface area contributed by atoms with Crippen LogP contribution in [0.3, 0.4) is 0 Å². The summed E-state index contributed by atoms with van der Waals surface area (Å²) in [4.78, 5) is 15.3. The van der Waals surface area contributed by atoms with E-state index >= 15 is 0 Å². The highest BCUT2D eigenvalue weighted by Crippen LogP contribution is 2.14. The lowest BCUT2D eigenvalue weighted by Gasteiger charge is -2.03. The minimum absolute atomic E-state index is 0.0607. The summed E-state index contributed by atoms with van der Waals surface area (Å²) in [6.07, 6.45) is 1.84. The van der Waals surface area contributed by atoms with E-state index in [1.54, 1.807) is 4.68 Å². The highest BCUT2D eigenvalue weighted by molar-refractivity contribution is 7.71. The molecule has 3 aromatic heterocycles. The minimum atomic E-state index is -0.0607. The second-order valence-electron chi connectivity index (χ2n) is 3.97. The number of thiophene rings is 1. The van der Waals surface area contributed by atoms with Crippen LogP contribution < -0.4 is 5.56 Å². The Morgan fingerprint density at radius 1 is 1.50 bits per heavy atom. The van der Waals surface area contributed by atoms with E-state index in [0.29, 0.717) is 16.0 Å². The van der Waals surface area contributed by atoms with Crippen LogP contribution in [0.15, 0.2) is 28.5 Å². The van der Waals surface area contributed by atoms with Crippen molar-refractivity contribution in [3.05, 3.63) is 44.5 Å². The van der Waals surface area contributed by atoms with E-state index in [0.717, 1.165) is 11.2 Å². The second kappa shape index (κ2) is 4.18. The zero-order valence-electron chi connectivity index (χ0n) is 9.58. The predicted octanol–water partition coefficient (Wildman–Crippen LogP) is 1.90. The lowest BCUT2D eigenvalue weighted by Crippen LogP contribution is -2.22. The first-order chi connectivity index (χ1) is 8.65. The van der Waals surface area contributed by atoms with Gasteiger partial charge in [0, 0.05) is 13.2 Å². The van der Waals surface area contributed by atoms with Crippen molar-refractivity contribution in [1.82, 2.24) is 19.3 Å². The number of nitrogens with zero attached hydrogens (tertiary/aromatic N) is 3. The maximum atomic E-state index is 12.3. The average Bonchev–Trinajstić information content (AvgIpc) is 2.93. The van der Waals surface area contributed by atoms with Gasteiger partial charge >= 0.3 is 0 Å². The molecule has 18 heavy (non-hydrogen) atoms. The van der Waals surface area contributed by atoms with Crippen molar-refractivity contribution >= 4 is 33.8 Å². The van der Waals surface area contributed by atoms with E-state index in [4.69, 9.17) is 12.2 Å². The number of H-pyrrole nitrogens is 1. The van der Waals surface area contributed by atoms with Crippen molar-refractivity contribution in [2.45, 2.75) is 6.54 Å². The first-order valence-electron chi connectivity index (χ1n) is 5.34. The molecule has 3 heterocycles. The van der Waals surface area contributed by atoms with Crippen LogP contribution in [0.2, 0.25) is 0 Å². The largest absolute Gasteiger partial charge is 0.331 e. The van der Waals surface area contributed by atoms with Crippen molar-refractivity contribution in [2.24, 2.45) is 7.05 Å². The van der Waals surface area contributed by atoms with E-state index < -0.39 is 0 Å². The molecule has 3 rings (SSSR count). The molecule has 0 saturated carbocycles. The van der Waals surface area contributed by atoms with Crippen LogP contribution in [0.4, 0.5) is 0 Å². The molecule has 0 bridgehead atoms. The van der Waals surface area contributed by atoms with Crippen molar-refractivity contribution in [3.63, 3.8) is 0 Å². The molecule has 0 spiro atoms. The molecule has 1 N–H and O–H groups in total. The molecule has 0 radical (unpaired) electrons. The molecule has 3 aromatic rings. The molecular formula is C11H10N4OS2. The van der Waals surface area contributed by atoms with E-state index in [1.165, 1.54) is 15.9 Å². The third-order valence-electron chi connectivity index (χ3n) is 2.68. The van der Waals surface area contributed by atoms with Gasteiger partial charge in [-0.25, -0.2) is 0 Å². The van der Waals surface area contributed by atoms with Gasteiger partial charge in [0.2, 0.25) is 0 Å². The highest BCUT2D eigenvalue weighted by Gasteiger charge is 2.08. The van der Waals surface area contributed by atoms with Gasteiger partial charge in [-0.2, -0.15) is 5.10 Å². The summed E-state index contributed by atoms with van der Waals surface area (Å²) in [5.41, 5.74) is 1.55. The van der Waals surface area contributed by atoms with E-state index in [9.17, 15) is 4.79 Å². The van der Waals surface area contributed by atoms with Gasteiger partial charge in [-0.3, -0.25) is 14.0 Å². The monoisotopic (exact) mass is 278 g/mol. The Bertz CT molecular complexity index is 823. The Balaban J connectivity index is 2.17. The minimum Gasteiger partial charge on any atom is -0.331 e. The Morgan fingerprint density at radius 2 is 2.33 bits per heavy atom. The molecule has 0 aromatic carbocycles. The summed E-state index contributed by atoms with van der Waals surface area (Å²) >= 11 is 6.63. The number of fused-ring (bicyclic) bond motifs is 1. The van der Waals surface area contributed by atoms with Crippen molar-refractivity contribution < 1.29 is 0 Å².